The molecule has 0 amide bonds. The van der Waals surface area contributed by atoms with E-state index >= 15 is 0 Å². The van der Waals surface area contributed by atoms with Gasteiger partial charge in [0.15, 0.2) is 0 Å². The summed E-state index contributed by atoms with van der Waals surface area (Å²) in [5.41, 5.74) is 7.67. The summed E-state index contributed by atoms with van der Waals surface area (Å²) in [4.78, 5) is 21.8. The maximum Gasteiger partial charge on any atom is 0.294 e. The lowest BCUT2D eigenvalue weighted by Crippen LogP contribution is -2.27. The molecule has 3 aromatic rings. The third-order valence-electron chi connectivity index (χ3n) is 4.08. The topological polar surface area (TPSA) is 88.2 Å². The van der Waals surface area contributed by atoms with Gasteiger partial charge in [0.05, 0.1) is 6.54 Å². The number of aromatic nitrogens is 2. The van der Waals surface area contributed by atoms with Crippen molar-refractivity contribution in [3.05, 3.63) is 34.4 Å². The van der Waals surface area contributed by atoms with E-state index in [1.54, 1.807) is 18.2 Å². The number of nitrogens with one attached hydrogen (secondary N) is 1. The third-order valence-corrected chi connectivity index (χ3v) is 4.08. The second-order valence-electron chi connectivity index (χ2n) is 5.83. The molecule has 1 aromatic carbocycles. The van der Waals surface area contributed by atoms with Crippen molar-refractivity contribution < 1.29 is 4.42 Å². The molecule has 7 heteroatoms. The predicted molar refractivity (Wildman–Crippen MR) is 85.4 cm³/mol. The zero-order chi connectivity index (χ0) is 15.3. The van der Waals surface area contributed by atoms with E-state index in [9.17, 15) is 4.79 Å². The van der Waals surface area contributed by atoms with Crippen molar-refractivity contribution >= 4 is 35.4 Å². The van der Waals surface area contributed by atoms with Gasteiger partial charge in [-0.05, 0) is 12.5 Å². The average Bonchev–Trinajstić information content (AvgIpc) is 3.03. The molecule has 4 rings (SSSR count). The highest BCUT2D eigenvalue weighted by Gasteiger charge is 2.21. The Morgan fingerprint density at radius 2 is 2.36 bits per heavy atom. The van der Waals surface area contributed by atoms with Crippen LogP contribution in [0.3, 0.4) is 0 Å². The number of nitrogens with zero attached hydrogens (tertiary/aromatic N) is 2. The van der Waals surface area contributed by atoms with Gasteiger partial charge in [0, 0.05) is 24.5 Å². The number of fused-ring (bicyclic) bond motifs is 3. The van der Waals surface area contributed by atoms with Crippen LogP contribution in [0.1, 0.15) is 12.2 Å². The minimum atomic E-state index is -0.265. The van der Waals surface area contributed by atoms with E-state index in [1.165, 1.54) is 0 Å². The molecule has 2 aromatic heterocycles. The minimum Gasteiger partial charge on any atom is -0.449 e. The number of furan rings is 1. The third kappa shape index (κ3) is 2.22. The van der Waals surface area contributed by atoms with Crippen LogP contribution in [0.4, 0.5) is 0 Å². The summed E-state index contributed by atoms with van der Waals surface area (Å²) < 4.78 is 5.58. The molecule has 1 aliphatic heterocycles. The highest BCUT2D eigenvalue weighted by Crippen LogP contribution is 2.24. The first-order valence-electron chi connectivity index (χ1n) is 7.29. The number of hydrogen-bond acceptors (Lipinski definition) is 5. The maximum atomic E-state index is 12.2. The Balaban J connectivity index is 1.82. The van der Waals surface area contributed by atoms with Gasteiger partial charge in [-0.2, -0.15) is 0 Å². The van der Waals surface area contributed by atoms with Gasteiger partial charge >= 0.3 is 0 Å². The lowest BCUT2D eigenvalue weighted by molar-refractivity contribution is 0.318. The summed E-state index contributed by atoms with van der Waals surface area (Å²) in [6.07, 6.45) is 0.970. The fourth-order valence-corrected chi connectivity index (χ4v) is 3.01. The number of H-pyrrole nitrogens is 1. The Labute approximate surface area is 127 Å². The van der Waals surface area contributed by atoms with E-state index in [0.717, 1.165) is 24.9 Å². The van der Waals surface area contributed by atoms with Crippen LogP contribution in [0.2, 0.25) is 0 Å². The lowest BCUT2D eigenvalue weighted by Gasteiger charge is -2.13. The minimum absolute atomic E-state index is 0.199. The Kier molecular flexibility index (Phi) is 3.06. The molecular formula is C15H15BN4O2. The number of aromatic amines is 1. The molecule has 0 spiro atoms. The highest BCUT2D eigenvalue weighted by molar-refractivity contribution is 6.33. The fourth-order valence-electron chi connectivity index (χ4n) is 3.01. The summed E-state index contributed by atoms with van der Waals surface area (Å²) in [5, 5.41) is 0.764. The van der Waals surface area contributed by atoms with Gasteiger partial charge in [0.25, 0.3) is 5.56 Å². The van der Waals surface area contributed by atoms with Crippen LogP contribution in [0.25, 0.3) is 22.1 Å². The largest absolute Gasteiger partial charge is 0.449 e. The van der Waals surface area contributed by atoms with E-state index in [-0.39, 0.29) is 17.2 Å². The molecule has 0 saturated carbocycles. The Morgan fingerprint density at radius 3 is 3.14 bits per heavy atom. The SMILES string of the molecule is [B]c1ccc2oc3c(=O)[nH]c(CN4CCC(N)C4)nc3c2c1. The average molecular weight is 294 g/mol. The van der Waals surface area contributed by atoms with Crippen LogP contribution in [0, 0.1) is 0 Å². The van der Waals surface area contributed by atoms with Crippen molar-refractivity contribution in [1.29, 1.82) is 0 Å². The number of benzene rings is 1. The van der Waals surface area contributed by atoms with Gasteiger partial charge in [-0.3, -0.25) is 9.69 Å². The zero-order valence-electron chi connectivity index (χ0n) is 12.0. The first-order valence-corrected chi connectivity index (χ1v) is 7.29. The molecular weight excluding hydrogens is 279 g/mol. The zero-order valence-corrected chi connectivity index (χ0v) is 12.0. The molecule has 22 heavy (non-hydrogen) atoms. The van der Waals surface area contributed by atoms with Crippen molar-refractivity contribution in [3.63, 3.8) is 0 Å². The molecule has 0 aliphatic carbocycles. The molecule has 1 fully saturated rings. The van der Waals surface area contributed by atoms with E-state index < -0.39 is 0 Å². The molecule has 6 nitrogen and oxygen atoms in total. The Bertz CT molecular complexity index is 917. The van der Waals surface area contributed by atoms with E-state index in [1.807, 2.05) is 0 Å². The molecule has 1 aliphatic rings. The summed E-state index contributed by atoms with van der Waals surface area (Å²) in [7, 11) is 5.82. The maximum absolute atomic E-state index is 12.2. The number of rotatable bonds is 2. The first kappa shape index (κ1) is 13.5. The van der Waals surface area contributed by atoms with E-state index in [0.29, 0.717) is 28.9 Å². The number of hydrogen-bond donors (Lipinski definition) is 2. The summed E-state index contributed by atoms with van der Waals surface area (Å²) in [6.45, 7) is 2.32. The number of nitrogens with two attached hydrogens (primary N) is 1. The summed E-state index contributed by atoms with van der Waals surface area (Å²) >= 11 is 0. The van der Waals surface area contributed by atoms with Gasteiger partial charge < -0.3 is 15.1 Å². The standard InChI is InChI=1S/C15H15BN4O2/c16-8-1-2-11-10(5-8)13-14(22-11)15(21)19-12(18-13)7-20-4-3-9(17)6-20/h1-2,5,9H,3-4,6-7,17H2,(H,18,19,21). The predicted octanol–water partition coefficient (Wildman–Crippen LogP) is -0.00390. The Morgan fingerprint density at radius 1 is 1.50 bits per heavy atom. The second kappa shape index (κ2) is 4.96. The van der Waals surface area contributed by atoms with Crippen molar-refractivity contribution in [2.24, 2.45) is 5.73 Å². The normalized spacial score (nSPS) is 19.4. The van der Waals surface area contributed by atoms with Crippen molar-refractivity contribution in [2.75, 3.05) is 13.1 Å². The van der Waals surface area contributed by atoms with E-state index in [2.05, 4.69) is 14.9 Å². The quantitative estimate of drug-likeness (QED) is 0.649. The lowest BCUT2D eigenvalue weighted by atomic mass is 9.95. The van der Waals surface area contributed by atoms with Gasteiger partial charge in [-0.1, -0.05) is 17.6 Å². The van der Waals surface area contributed by atoms with Crippen molar-refractivity contribution in [2.45, 2.75) is 19.0 Å². The molecule has 3 heterocycles. The monoisotopic (exact) mass is 294 g/mol. The van der Waals surface area contributed by atoms with Crippen LogP contribution < -0.4 is 16.8 Å². The van der Waals surface area contributed by atoms with Gasteiger partial charge in [-0.15, -0.1) is 0 Å². The molecule has 1 atom stereocenters. The molecule has 1 saturated heterocycles. The fraction of sp³-hybridized carbons (Fsp3) is 0.333. The van der Waals surface area contributed by atoms with Crippen LogP contribution in [-0.4, -0.2) is 41.8 Å². The van der Waals surface area contributed by atoms with Gasteiger partial charge in [0.2, 0.25) is 5.58 Å². The van der Waals surface area contributed by atoms with Crippen LogP contribution >= 0.6 is 0 Å². The van der Waals surface area contributed by atoms with E-state index in [4.69, 9.17) is 18.0 Å². The van der Waals surface area contributed by atoms with Crippen LogP contribution in [0.15, 0.2) is 27.4 Å². The van der Waals surface area contributed by atoms with Gasteiger partial charge in [-0.25, -0.2) is 4.98 Å². The van der Waals surface area contributed by atoms with Crippen molar-refractivity contribution in [3.8, 4) is 0 Å². The number of likely N-dealkylation sites (tertiary alicyclic amines) is 1. The molecule has 3 N–H and O–H groups in total. The molecule has 1 unspecified atom stereocenters. The van der Waals surface area contributed by atoms with Gasteiger partial charge in [0.1, 0.15) is 24.8 Å². The van der Waals surface area contributed by atoms with Crippen molar-refractivity contribution in [1.82, 2.24) is 14.9 Å². The first-order chi connectivity index (χ1) is 10.6. The summed E-state index contributed by atoms with van der Waals surface area (Å²) in [6, 6.07) is 5.48. The summed E-state index contributed by atoms with van der Waals surface area (Å²) in [5.74, 6) is 0.622. The second-order valence-corrected chi connectivity index (χ2v) is 5.83. The van der Waals surface area contributed by atoms with Crippen LogP contribution in [0.5, 0.6) is 0 Å². The molecule has 110 valence electrons. The highest BCUT2D eigenvalue weighted by atomic mass is 16.3. The molecule has 2 radical (unpaired) electrons. The van der Waals surface area contributed by atoms with Crippen LogP contribution in [-0.2, 0) is 6.54 Å². The smallest absolute Gasteiger partial charge is 0.294 e. The molecule has 0 bridgehead atoms. The Hall–Kier alpha value is -2.12.